The van der Waals surface area contributed by atoms with Gasteiger partial charge in [0.2, 0.25) is 23.7 Å². The summed E-state index contributed by atoms with van der Waals surface area (Å²) in [6, 6.07) is 13.3. The number of halogens is 5. The van der Waals surface area contributed by atoms with E-state index in [1.165, 1.54) is 12.1 Å². The van der Waals surface area contributed by atoms with Crippen molar-refractivity contribution in [3.8, 4) is 22.5 Å². The molecule has 26 heteroatoms. The van der Waals surface area contributed by atoms with Gasteiger partial charge in [-0.3, -0.25) is 14.8 Å². The Balaban J connectivity index is 0.000000235. The molecule has 3 aliphatic heterocycles. The highest BCUT2D eigenvalue weighted by molar-refractivity contribution is 5.86. The summed E-state index contributed by atoms with van der Waals surface area (Å²) in [7, 11) is 0. The van der Waals surface area contributed by atoms with Crippen LogP contribution in [-0.4, -0.2) is 105 Å². The molecule has 2 aromatic carbocycles. The van der Waals surface area contributed by atoms with E-state index in [2.05, 4.69) is 65.8 Å². The number of imidazole rings is 2. The maximum absolute atomic E-state index is 15.0. The van der Waals surface area contributed by atoms with Gasteiger partial charge in [-0.2, -0.15) is 0 Å². The van der Waals surface area contributed by atoms with Gasteiger partial charge in [-0.05, 0) is 129 Å². The first kappa shape index (κ1) is 63.9. The van der Waals surface area contributed by atoms with Gasteiger partial charge in [-0.25, -0.2) is 73.2 Å². The van der Waals surface area contributed by atoms with Crippen LogP contribution in [0.2, 0.25) is 0 Å². The quantitative estimate of drug-likeness (QED) is 0.0386. The van der Waals surface area contributed by atoms with Gasteiger partial charge in [0.05, 0.1) is 47.2 Å². The first-order valence-electron chi connectivity index (χ1n) is 28.8. The number of amides is 2. The largest absolute Gasteiger partial charge is 0.370 e. The number of piperidine rings is 2. The number of pyridine rings is 2. The van der Waals surface area contributed by atoms with Crippen molar-refractivity contribution in [2.45, 2.75) is 126 Å². The summed E-state index contributed by atoms with van der Waals surface area (Å²) < 4.78 is 75.2. The zero-order valence-corrected chi connectivity index (χ0v) is 49.2. The summed E-state index contributed by atoms with van der Waals surface area (Å²) in [6.07, 6.45) is 10.6. The number of aromatic nitrogens is 10. The third kappa shape index (κ3) is 14.9. The Hall–Kier alpha value is -8.13. The number of ether oxygens (including phenoxy) is 1. The van der Waals surface area contributed by atoms with Crippen molar-refractivity contribution in [1.29, 1.82) is 0 Å². The molecule has 21 nitrogen and oxygen atoms in total. The van der Waals surface area contributed by atoms with Crippen molar-refractivity contribution in [2.75, 3.05) is 53.2 Å². The number of rotatable bonds is 14. The maximum Gasteiger partial charge on any atom is 0.246 e. The van der Waals surface area contributed by atoms with E-state index in [1.54, 1.807) is 49.1 Å². The van der Waals surface area contributed by atoms with Crippen LogP contribution in [0, 0.1) is 49.0 Å². The number of carbonyl (C=O) groups is 2. The van der Waals surface area contributed by atoms with Crippen LogP contribution in [0.5, 0.6) is 0 Å². The molecule has 0 radical (unpaired) electrons. The van der Waals surface area contributed by atoms with E-state index in [-0.39, 0.29) is 107 Å². The number of fused-ring (bicyclic) bond motifs is 2. The SMILES string of the molecule is C.Cc1nc2c(F)cc(-c3nc(Nc4ccc(N5CCC(C(=O)NO)CC5)cn4)ncc3F)cc2n1C(C)C.Cc1nc2c(F)cc(-c3nc(Nc4ccc(N5CCC(C(=O)NOC6CCCCO6)CC5)cn4)ncc3F)cc2n1C(C)C.Cl.[2H]CC. The molecule has 2 amide bonds. The molecule has 11 rings (SSSR count). The first-order valence-corrected chi connectivity index (χ1v) is 28.1. The highest BCUT2D eigenvalue weighted by Crippen LogP contribution is 2.34. The van der Waals surface area contributed by atoms with Crippen LogP contribution in [0.4, 0.5) is 52.5 Å². The molecule has 460 valence electrons. The average molecular weight is 1210 g/mol. The highest BCUT2D eigenvalue weighted by atomic mass is 35.5. The normalized spacial score (nSPS) is 15.7. The number of aryl methyl sites for hydroxylation is 2. The summed E-state index contributed by atoms with van der Waals surface area (Å²) >= 11 is 0. The Morgan fingerprint density at radius 3 is 1.47 bits per heavy atom. The number of nitrogens with zero attached hydrogens (tertiary/aromatic N) is 12. The molecule has 3 saturated heterocycles. The molecule has 8 aromatic rings. The van der Waals surface area contributed by atoms with Gasteiger partial charge >= 0.3 is 0 Å². The summed E-state index contributed by atoms with van der Waals surface area (Å²) in [6.45, 7) is 17.2. The lowest BCUT2D eigenvalue weighted by Gasteiger charge is -2.33. The molecular weight excluding hydrogens is 1140 g/mol. The lowest BCUT2D eigenvalue weighted by atomic mass is 9.96. The Kier molecular flexibility index (Phi) is 21.8. The van der Waals surface area contributed by atoms with Crippen LogP contribution in [0.1, 0.15) is 119 Å². The van der Waals surface area contributed by atoms with E-state index in [0.717, 1.165) is 43.0 Å². The molecule has 1 atom stereocenters. The van der Waals surface area contributed by atoms with Crippen molar-refractivity contribution in [3.63, 3.8) is 0 Å². The molecule has 0 bridgehead atoms. The maximum atomic E-state index is 15.0. The van der Waals surface area contributed by atoms with Crippen LogP contribution in [-0.2, 0) is 19.2 Å². The van der Waals surface area contributed by atoms with Crippen LogP contribution in [0.25, 0.3) is 44.6 Å². The zero-order valence-electron chi connectivity index (χ0n) is 49.4. The Labute approximate surface area is 504 Å². The molecule has 1 unspecified atom stereocenters. The average Bonchev–Trinajstić information content (AvgIpc) is 2.06. The van der Waals surface area contributed by atoms with Crippen molar-refractivity contribution in [1.82, 2.24) is 60.0 Å². The van der Waals surface area contributed by atoms with Crippen molar-refractivity contribution < 1.29 is 43.3 Å². The number of anilines is 6. The smallest absolute Gasteiger partial charge is 0.246 e. The lowest BCUT2D eigenvalue weighted by molar-refractivity contribution is -0.202. The van der Waals surface area contributed by atoms with E-state index < -0.39 is 23.3 Å². The third-order valence-electron chi connectivity index (χ3n) is 14.9. The van der Waals surface area contributed by atoms with Gasteiger partial charge < -0.3 is 34.3 Å². The van der Waals surface area contributed by atoms with Crippen molar-refractivity contribution in [3.05, 3.63) is 108 Å². The van der Waals surface area contributed by atoms with Crippen molar-refractivity contribution in [2.24, 2.45) is 11.8 Å². The minimum atomic E-state index is -0.678. The number of hydroxylamine groups is 2. The van der Waals surface area contributed by atoms with E-state index >= 15 is 4.39 Å². The van der Waals surface area contributed by atoms with Crippen molar-refractivity contribution >= 4 is 81.2 Å². The molecule has 3 fully saturated rings. The zero-order chi connectivity index (χ0) is 60.5. The minimum absolute atomic E-state index is 0. The van der Waals surface area contributed by atoms with Gasteiger partial charge in [0.15, 0.2) is 29.6 Å². The summed E-state index contributed by atoms with van der Waals surface area (Å²) in [5, 5.41) is 14.8. The fourth-order valence-electron chi connectivity index (χ4n) is 10.8. The summed E-state index contributed by atoms with van der Waals surface area (Å²) in [4.78, 5) is 68.2. The second-order valence-corrected chi connectivity index (χ2v) is 21.1. The molecular formula is C60H75ClF4N16O5. The Morgan fingerprint density at radius 1 is 0.640 bits per heavy atom. The number of benzene rings is 2. The highest BCUT2D eigenvalue weighted by Gasteiger charge is 2.28. The monoisotopic (exact) mass is 1210 g/mol. The number of hydrogen-bond acceptors (Lipinski definition) is 17. The predicted octanol–water partition coefficient (Wildman–Crippen LogP) is 12.2. The number of nitrogens with one attached hydrogen (secondary N) is 4. The predicted molar refractivity (Wildman–Crippen MR) is 325 cm³/mol. The first-order chi connectivity index (χ1) is 40.9. The molecule has 9 heterocycles. The second kappa shape index (κ2) is 29.3. The molecule has 0 aliphatic carbocycles. The van der Waals surface area contributed by atoms with Crippen LogP contribution >= 0.6 is 12.4 Å². The standard InChI is InChI=1S/C31H36F2N8O3.C26H28F2N8O2.C2H6.CH4.ClH/c1-18(2)41-19(3)36-29-23(32)14-21(15-25(29)41)28-24(33)17-35-31(38-28)37-26-8-7-22(16-34-26)40-11-9-20(10-12-40)30(42)39-44-27-6-4-5-13-43-27;1-14(2)36-15(3)31-24-19(27)10-17(11-21(24)36)23-20(28)13-30-26(33-23)32-22-5-4-18(12-29-22)35-8-6-16(7-9-35)25(37)34-38;1-2;;/h7-8,14-18,20,27H,4-6,9-13H2,1-3H3,(H,39,42)(H,34,35,37,38);4-5,10-14,16,38H,6-9H2,1-3H3,(H,34,37)(H,29,30,32,33);1-2H3;1H4;1H/i;;1D;;. The lowest BCUT2D eigenvalue weighted by Crippen LogP contribution is -2.42. The molecule has 3 aliphatic rings. The van der Waals surface area contributed by atoms with E-state index in [1.807, 2.05) is 62.8 Å². The van der Waals surface area contributed by atoms with Crippen LogP contribution < -0.4 is 31.4 Å². The van der Waals surface area contributed by atoms with Gasteiger partial charge in [0, 0.05) is 75.6 Å². The molecule has 0 spiro atoms. The second-order valence-electron chi connectivity index (χ2n) is 21.1. The topological polar surface area (TPSA) is 240 Å². The summed E-state index contributed by atoms with van der Waals surface area (Å²) in [5.41, 5.74) is 8.22. The van der Waals surface area contributed by atoms with E-state index in [9.17, 15) is 22.8 Å². The molecule has 0 saturated carbocycles. The fraction of sp³-hybridized carbons (Fsp3) is 0.433. The Bertz CT molecular complexity index is 3620. The third-order valence-corrected chi connectivity index (χ3v) is 14.9. The molecule has 6 aromatic heterocycles. The summed E-state index contributed by atoms with van der Waals surface area (Å²) in [5.74, 6) is -0.730. The van der Waals surface area contributed by atoms with Gasteiger partial charge in [0.25, 0.3) is 0 Å². The van der Waals surface area contributed by atoms with E-state index in [4.69, 9.17) is 16.2 Å². The number of carbonyl (C=O) groups excluding carboxylic acids is 2. The fourth-order valence-corrected chi connectivity index (χ4v) is 10.8. The molecule has 5 N–H and O–H groups in total. The van der Waals surface area contributed by atoms with Gasteiger partial charge in [-0.1, -0.05) is 21.3 Å². The van der Waals surface area contributed by atoms with Gasteiger partial charge in [-0.15, -0.1) is 12.4 Å². The van der Waals surface area contributed by atoms with Crippen LogP contribution in [0.15, 0.2) is 73.3 Å². The van der Waals surface area contributed by atoms with Crippen LogP contribution in [0.3, 0.4) is 0 Å². The Morgan fingerprint density at radius 2 is 1.08 bits per heavy atom. The van der Waals surface area contributed by atoms with Gasteiger partial charge in [0.1, 0.15) is 45.7 Å². The minimum Gasteiger partial charge on any atom is -0.370 e. The molecule has 86 heavy (non-hydrogen) atoms. The van der Waals surface area contributed by atoms with E-state index in [0.29, 0.717) is 99.7 Å². The number of hydrogen-bond donors (Lipinski definition) is 5.